The van der Waals surface area contributed by atoms with Crippen LogP contribution in [-0.4, -0.2) is 11.0 Å². The van der Waals surface area contributed by atoms with Gasteiger partial charge in [0, 0.05) is 21.6 Å². The van der Waals surface area contributed by atoms with E-state index < -0.39 is 0 Å². The van der Waals surface area contributed by atoms with Crippen molar-refractivity contribution in [3.63, 3.8) is 0 Å². The summed E-state index contributed by atoms with van der Waals surface area (Å²) < 4.78 is 0. The number of aryl methyl sites for hydroxylation is 2. The average molecular weight is 220 g/mol. The molecule has 0 fully saturated rings. The van der Waals surface area contributed by atoms with E-state index in [4.69, 9.17) is 0 Å². The van der Waals surface area contributed by atoms with Gasteiger partial charge in [-0.3, -0.25) is 4.79 Å². The molecule has 2 rings (SSSR count). The van der Waals surface area contributed by atoms with Gasteiger partial charge in [0.15, 0.2) is 5.78 Å². The Morgan fingerprint density at radius 3 is 2.40 bits per heavy atom. The van der Waals surface area contributed by atoms with Crippen LogP contribution in [0.1, 0.15) is 35.3 Å². The summed E-state index contributed by atoms with van der Waals surface area (Å²) in [5, 5.41) is 0.394. The van der Waals surface area contributed by atoms with Crippen LogP contribution in [-0.2, 0) is 0 Å². The van der Waals surface area contributed by atoms with Gasteiger partial charge < -0.3 is 0 Å². The molecule has 1 nitrogen and oxygen atoms in total. The molecule has 0 bridgehead atoms. The summed E-state index contributed by atoms with van der Waals surface area (Å²) in [5.74, 6) is 0.459. The van der Waals surface area contributed by atoms with Crippen molar-refractivity contribution in [2.45, 2.75) is 37.8 Å². The van der Waals surface area contributed by atoms with Gasteiger partial charge in [-0.05, 0) is 25.0 Å². The molecule has 80 valence electrons. The van der Waals surface area contributed by atoms with Crippen molar-refractivity contribution in [1.29, 1.82) is 0 Å². The maximum absolute atomic E-state index is 12.2. The summed E-state index contributed by atoms with van der Waals surface area (Å²) in [7, 11) is 0. The van der Waals surface area contributed by atoms with Crippen molar-refractivity contribution >= 4 is 17.5 Å². The quantitative estimate of drug-likeness (QED) is 0.664. The third-order valence-corrected chi connectivity index (χ3v) is 4.77. The van der Waals surface area contributed by atoms with E-state index >= 15 is 0 Å². The van der Waals surface area contributed by atoms with Gasteiger partial charge in [-0.25, -0.2) is 0 Å². The normalized spacial score (nSPS) is 25.2. The van der Waals surface area contributed by atoms with Crippen molar-refractivity contribution in [1.82, 2.24) is 0 Å². The topological polar surface area (TPSA) is 17.1 Å². The molecule has 0 N–H and O–H groups in total. The van der Waals surface area contributed by atoms with E-state index in [1.807, 2.05) is 25.6 Å². The summed E-state index contributed by atoms with van der Waals surface area (Å²) >= 11 is 1.84. The van der Waals surface area contributed by atoms with Gasteiger partial charge in [-0.1, -0.05) is 26.0 Å². The molecule has 1 heterocycles. The number of ketones is 1. The van der Waals surface area contributed by atoms with Crippen LogP contribution in [0.5, 0.6) is 0 Å². The summed E-state index contributed by atoms with van der Waals surface area (Å²) in [6.07, 6.45) is 0. The summed E-state index contributed by atoms with van der Waals surface area (Å²) in [4.78, 5) is 13.4. The zero-order valence-electron chi connectivity index (χ0n) is 9.63. The van der Waals surface area contributed by atoms with Crippen molar-refractivity contribution in [2.24, 2.45) is 5.92 Å². The Bertz CT molecular complexity index is 423. The second kappa shape index (κ2) is 3.67. The molecule has 1 aromatic carbocycles. The molecular weight excluding hydrogens is 204 g/mol. The molecule has 1 aromatic rings. The number of benzene rings is 1. The standard InChI is InChI=1S/C13H16OS/c1-7-5-6-8(2)13-11(7)12(14)9(3)10(4)15-13/h5-6,9-10H,1-4H3. The Morgan fingerprint density at radius 1 is 1.13 bits per heavy atom. The van der Waals surface area contributed by atoms with Crippen LogP contribution in [0.4, 0.5) is 0 Å². The largest absolute Gasteiger partial charge is 0.294 e. The average Bonchev–Trinajstić information content (AvgIpc) is 2.20. The first-order valence-corrected chi connectivity index (χ1v) is 6.21. The maximum atomic E-state index is 12.2. The highest BCUT2D eigenvalue weighted by Gasteiger charge is 2.32. The molecule has 0 saturated heterocycles. The van der Waals surface area contributed by atoms with E-state index in [9.17, 15) is 4.79 Å². The third-order valence-electron chi connectivity index (χ3n) is 3.23. The number of carbonyl (C=O) groups is 1. The fourth-order valence-electron chi connectivity index (χ4n) is 1.97. The minimum atomic E-state index is 0.142. The Labute approximate surface area is 95.3 Å². The molecule has 2 unspecified atom stereocenters. The first kappa shape index (κ1) is 10.7. The maximum Gasteiger partial charge on any atom is 0.168 e. The van der Waals surface area contributed by atoms with E-state index in [0.29, 0.717) is 11.0 Å². The second-order valence-corrected chi connectivity index (χ2v) is 5.77. The first-order chi connectivity index (χ1) is 7.02. The first-order valence-electron chi connectivity index (χ1n) is 5.33. The molecule has 0 radical (unpaired) electrons. The predicted octanol–water partition coefficient (Wildman–Crippen LogP) is 3.62. The summed E-state index contributed by atoms with van der Waals surface area (Å²) in [6, 6.07) is 4.16. The van der Waals surface area contributed by atoms with Crippen molar-refractivity contribution in [3.05, 3.63) is 28.8 Å². The van der Waals surface area contributed by atoms with E-state index in [2.05, 4.69) is 26.0 Å². The lowest BCUT2D eigenvalue weighted by Crippen LogP contribution is -2.27. The van der Waals surface area contributed by atoms with Crippen LogP contribution < -0.4 is 0 Å². The van der Waals surface area contributed by atoms with Crippen molar-refractivity contribution < 1.29 is 4.79 Å². The van der Waals surface area contributed by atoms with E-state index in [-0.39, 0.29) is 5.92 Å². The monoisotopic (exact) mass is 220 g/mol. The predicted molar refractivity (Wildman–Crippen MR) is 64.7 cm³/mol. The number of Topliss-reactive ketones (excluding diaryl/α,β-unsaturated/α-hetero) is 1. The molecule has 0 spiro atoms. The molecule has 1 aliphatic heterocycles. The van der Waals surface area contributed by atoms with E-state index in [1.54, 1.807) is 0 Å². The fourth-order valence-corrected chi connectivity index (χ4v) is 3.31. The van der Waals surface area contributed by atoms with Crippen LogP contribution in [0.3, 0.4) is 0 Å². The molecule has 0 aromatic heterocycles. The third kappa shape index (κ3) is 1.61. The lowest BCUT2D eigenvalue weighted by Gasteiger charge is -2.28. The lowest BCUT2D eigenvalue weighted by molar-refractivity contribution is 0.0923. The van der Waals surface area contributed by atoms with Crippen LogP contribution >= 0.6 is 11.8 Å². The van der Waals surface area contributed by atoms with Crippen molar-refractivity contribution in [2.75, 3.05) is 0 Å². The lowest BCUT2D eigenvalue weighted by atomic mass is 9.92. The molecule has 2 heteroatoms. The highest BCUT2D eigenvalue weighted by atomic mass is 32.2. The summed E-state index contributed by atoms with van der Waals surface area (Å²) in [6.45, 7) is 8.28. The minimum Gasteiger partial charge on any atom is -0.294 e. The Balaban J connectivity index is 2.64. The van der Waals surface area contributed by atoms with E-state index in [1.165, 1.54) is 10.5 Å². The number of rotatable bonds is 0. The fraction of sp³-hybridized carbons (Fsp3) is 0.462. The van der Waals surface area contributed by atoms with Gasteiger partial charge >= 0.3 is 0 Å². The zero-order valence-corrected chi connectivity index (χ0v) is 10.4. The number of hydrogen-bond acceptors (Lipinski definition) is 2. The number of hydrogen-bond donors (Lipinski definition) is 0. The van der Waals surface area contributed by atoms with Gasteiger partial charge in [0.2, 0.25) is 0 Å². The molecule has 0 aliphatic carbocycles. The van der Waals surface area contributed by atoms with Gasteiger partial charge in [0.25, 0.3) is 0 Å². The molecule has 0 saturated carbocycles. The zero-order chi connectivity index (χ0) is 11.2. The minimum absolute atomic E-state index is 0.142. The van der Waals surface area contributed by atoms with Gasteiger partial charge in [0.05, 0.1) is 0 Å². The Morgan fingerprint density at radius 2 is 1.73 bits per heavy atom. The molecule has 2 atom stereocenters. The molecule has 1 aliphatic rings. The molecule has 15 heavy (non-hydrogen) atoms. The van der Waals surface area contributed by atoms with Crippen LogP contribution in [0, 0.1) is 19.8 Å². The van der Waals surface area contributed by atoms with Crippen LogP contribution in [0.15, 0.2) is 17.0 Å². The SMILES string of the molecule is Cc1ccc(C)c2c1SC(C)C(C)C2=O. The van der Waals surface area contributed by atoms with Gasteiger partial charge in [0.1, 0.15) is 0 Å². The Kier molecular flexibility index (Phi) is 2.63. The molecule has 0 amide bonds. The number of fused-ring (bicyclic) bond motifs is 1. The smallest absolute Gasteiger partial charge is 0.168 e. The highest BCUT2D eigenvalue weighted by molar-refractivity contribution is 8.00. The van der Waals surface area contributed by atoms with Crippen LogP contribution in [0.25, 0.3) is 0 Å². The van der Waals surface area contributed by atoms with E-state index in [0.717, 1.165) is 11.1 Å². The Hall–Kier alpha value is -0.760. The van der Waals surface area contributed by atoms with Crippen molar-refractivity contribution in [3.8, 4) is 0 Å². The number of thioether (sulfide) groups is 1. The second-order valence-electron chi connectivity index (χ2n) is 4.38. The van der Waals surface area contributed by atoms with Gasteiger partial charge in [-0.15, -0.1) is 11.8 Å². The van der Waals surface area contributed by atoms with Gasteiger partial charge in [-0.2, -0.15) is 0 Å². The molecular formula is C13H16OS. The highest BCUT2D eigenvalue weighted by Crippen LogP contribution is 2.41. The summed E-state index contributed by atoms with van der Waals surface area (Å²) in [5.41, 5.74) is 3.31. The number of carbonyl (C=O) groups excluding carboxylic acids is 1. The van der Waals surface area contributed by atoms with Crippen LogP contribution in [0.2, 0.25) is 0 Å².